The lowest BCUT2D eigenvalue weighted by atomic mass is 10.2. The van der Waals surface area contributed by atoms with Gasteiger partial charge in [0.2, 0.25) is 0 Å². The van der Waals surface area contributed by atoms with Crippen molar-refractivity contribution in [1.82, 2.24) is 0 Å². The SMILES string of the molecule is CC#CCN(CC#CC)c1ccc(OC)cc1. The molecule has 1 aromatic carbocycles. The van der Waals surface area contributed by atoms with Gasteiger partial charge in [0.15, 0.2) is 0 Å². The van der Waals surface area contributed by atoms with Crippen LogP contribution in [-0.2, 0) is 0 Å². The van der Waals surface area contributed by atoms with Gasteiger partial charge in [-0.15, -0.1) is 11.8 Å². The van der Waals surface area contributed by atoms with Gasteiger partial charge in [0.25, 0.3) is 0 Å². The molecule has 0 saturated heterocycles. The molecule has 0 N–H and O–H groups in total. The molecule has 0 amide bonds. The van der Waals surface area contributed by atoms with Crippen LogP contribution in [0.25, 0.3) is 0 Å². The summed E-state index contributed by atoms with van der Waals surface area (Å²) in [7, 11) is 1.66. The van der Waals surface area contributed by atoms with Gasteiger partial charge in [-0.1, -0.05) is 11.8 Å². The molecule has 2 heteroatoms. The highest BCUT2D eigenvalue weighted by Gasteiger charge is 2.03. The van der Waals surface area contributed by atoms with Crippen LogP contribution in [0.3, 0.4) is 0 Å². The Labute approximate surface area is 104 Å². The third-order valence-corrected chi connectivity index (χ3v) is 2.33. The first-order chi connectivity index (χ1) is 8.31. The van der Waals surface area contributed by atoms with Crippen molar-refractivity contribution in [2.24, 2.45) is 0 Å². The lowest BCUT2D eigenvalue weighted by Crippen LogP contribution is -2.23. The third kappa shape index (κ3) is 4.13. The van der Waals surface area contributed by atoms with Crippen molar-refractivity contribution in [3.63, 3.8) is 0 Å². The molecule has 0 bridgehead atoms. The maximum absolute atomic E-state index is 5.14. The van der Waals surface area contributed by atoms with E-state index in [0.717, 1.165) is 11.4 Å². The molecule has 1 rings (SSSR count). The smallest absolute Gasteiger partial charge is 0.119 e. The summed E-state index contributed by atoms with van der Waals surface area (Å²) < 4.78 is 5.14. The van der Waals surface area contributed by atoms with E-state index in [-0.39, 0.29) is 0 Å². The van der Waals surface area contributed by atoms with Crippen molar-refractivity contribution in [3.05, 3.63) is 24.3 Å². The third-order valence-electron chi connectivity index (χ3n) is 2.33. The molecule has 0 spiro atoms. The van der Waals surface area contributed by atoms with E-state index in [0.29, 0.717) is 13.1 Å². The van der Waals surface area contributed by atoms with Gasteiger partial charge < -0.3 is 9.64 Å². The van der Waals surface area contributed by atoms with E-state index in [2.05, 4.69) is 28.6 Å². The first kappa shape index (κ1) is 13.0. The Morgan fingerprint density at radius 1 is 1.00 bits per heavy atom. The zero-order valence-electron chi connectivity index (χ0n) is 10.6. The lowest BCUT2D eigenvalue weighted by Gasteiger charge is -2.19. The van der Waals surface area contributed by atoms with Crippen LogP contribution < -0.4 is 9.64 Å². The highest BCUT2D eigenvalue weighted by molar-refractivity contribution is 5.51. The molecule has 2 nitrogen and oxygen atoms in total. The highest BCUT2D eigenvalue weighted by atomic mass is 16.5. The summed E-state index contributed by atoms with van der Waals surface area (Å²) in [5, 5.41) is 0. The monoisotopic (exact) mass is 227 g/mol. The van der Waals surface area contributed by atoms with Gasteiger partial charge in [-0.2, -0.15) is 0 Å². The fourth-order valence-corrected chi connectivity index (χ4v) is 1.38. The summed E-state index contributed by atoms with van der Waals surface area (Å²) in [4.78, 5) is 2.13. The number of hydrogen-bond acceptors (Lipinski definition) is 2. The van der Waals surface area contributed by atoms with E-state index in [1.54, 1.807) is 7.11 Å². The Bertz CT molecular complexity index is 432. The summed E-state index contributed by atoms with van der Waals surface area (Å²) >= 11 is 0. The molecule has 0 fully saturated rings. The lowest BCUT2D eigenvalue weighted by molar-refractivity contribution is 0.415. The van der Waals surface area contributed by atoms with E-state index in [9.17, 15) is 0 Å². The van der Waals surface area contributed by atoms with Crippen LogP contribution in [0.1, 0.15) is 13.8 Å². The maximum atomic E-state index is 5.14. The Kier molecular flexibility index (Phi) is 5.55. The summed E-state index contributed by atoms with van der Waals surface area (Å²) in [5.74, 6) is 12.8. The minimum absolute atomic E-state index is 0.692. The average molecular weight is 227 g/mol. The number of rotatable bonds is 4. The molecule has 0 radical (unpaired) electrons. The fourth-order valence-electron chi connectivity index (χ4n) is 1.38. The van der Waals surface area contributed by atoms with Gasteiger partial charge in [-0.25, -0.2) is 0 Å². The number of anilines is 1. The second kappa shape index (κ2) is 7.25. The van der Waals surface area contributed by atoms with Crippen molar-refractivity contribution in [1.29, 1.82) is 0 Å². The molecule has 0 aliphatic rings. The van der Waals surface area contributed by atoms with Gasteiger partial charge in [0.1, 0.15) is 5.75 Å². The first-order valence-electron chi connectivity index (χ1n) is 5.50. The van der Waals surface area contributed by atoms with Crippen LogP contribution in [0.15, 0.2) is 24.3 Å². The summed E-state index contributed by atoms with van der Waals surface area (Å²) in [5.41, 5.74) is 1.11. The van der Waals surface area contributed by atoms with Crippen LogP contribution in [-0.4, -0.2) is 20.2 Å². The number of ether oxygens (including phenoxy) is 1. The zero-order valence-corrected chi connectivity index (χ0v) is 10.6. The van der Waals surface area contributed by atoms with Crippen LogP contribution in [0, 0.1) is 23.7 Å². The van der Waals surface area contributed by atoms with Crippen LogP contribution in [0.4, 0.5) is 5.69 Å². The van der Waals surface area contributed by atoms with Crippen molar-refractivity contribution < 1.29 is 4.74 Å². The van der Waals surface area contributed by atoms with Crippen molar-refractivity contribution >= 4 is 5.69 Å². The molecule has 0 saturated carbocycles. The quantitative estimate of drug-likeness (QED) is 0.733. The summed E-state index contributed by atoms with van der Waals surface area (Å²) in [6.45, 7) is 5.07. The van der Waals surface area contributed by atoms with Gasteiger partial charge in [0.05, 0.1) is 20.2 Å². The molecule has 0 heterocycles. The van der Waals surface area contributed by atoms with Crippen molar-refractivity contribution in [3.8, 4) is 29.4 Å². The molecule has 88 valence electrons. The normalized spacial score (nSPS) is 8.41. The Hall–Kier alpha value is -2.06. The second-order valence-corrected chi connectivity index (χ2v) is 3.41. The predicted octanol–water partition coefficient (Wildman–Crippen LogP) is 2.55. The van der Waals surface area contributed by atoms with Crippen molar-refractivity contribution in [2.75, 3.05) is 25.1 Å². The van der Waals surface area contributed by atoms with Gasteiger partial charge >= 0.3 is 0 Å². The fraction of sp³-hybridized carbons (Fsp3) is 0.333. The Morgan fingerprint density at radius 2 is 1.53 bits per heavy atom. The predicted molar refractivity (Wildman–Crippen MR) is 72.1 cm³/mol. The minimum Gasteiger partial charge on any atom is -0.497 e. The molecule has 0 aliphatic heterocycles. The molecular formula is C15H17NO. The van der Waals surface area contributed by atoms with E-state index in [4.69, 9.17) is 4.74 Å². The van der Waals surface area contributed by atoms with E-state index in [1.807, 2.05) is 38.1 Å². The number of nitrogens with zero attached hydrogens (tertiary/aromatic N) is 1. The number of benzene rings is 1. The number of hydrogen-bond donors (Lipinski definition) is 0. The molecule has 17 heavy (non-hydrogen) atoms. The average Bonchev–Trinajstić information content (AvgIpc) is 2.39. The molecule has 0 unspecified atom stereocenters. The van der Waals surface area contributed by atoms with Gasteiger partial charge in [0, 0.05) is 5.69 Å². The van der Waals surface area contributed by atoms with E-state index in [1.165, 1.54) is 0 Å². The topological polar surface area (TPSA) is 12.5 Å². The van der Waals surface area contributed by atoms with Gasteiger partial charge in [-0.05, 0) is 38.1 Å². The Morgan fingerprint density at radius 3 is 1.94 bits per heavy atom. The molecular weight excluding hydrogens is 210 g/mol. The van der Waals surface area contributed by atoms with E-state index < -0.39 is 0 Å². The second-order valence-electron chi connectivity index (χ2n) is 3.41. The molecule has 0 atom stereocenters. The molecule has 0 aliphatic carbocycles. The molecule has 0 aromatic heterocycles. The largest absolute Gasteiger partial charge is 0.497 e. The van der Waals surface area contributed by atoms with Crippen molar-refractivity contribution in [2.45, 2.75) is 13.8 Å². The highest BCUT2D eigenvalue weighted by Crippen LogP contribution is 2.18. The number of methoxy groups -OCH3 is 1. The minimum atomic E-state index is 0.692. The summed E-state index contributed by atoms with van der Waals surface area (Å²) in [6.07, 6.45) is 0. The van der Waals surface area contributed by atoms with Crippen LogP contribution >= 0.6 is 0 Å². The van der Waals surface area contributed by atoms with E-state index >= 15 is 0 Å². The maximum Gasteiger partial charge on any atom is 0.119 e. The van der Waals surface area contributed by atoms with Crippen LogP contribution in [0.5, 0.6) is 5.75 Å². The first-order valence-corrected chi connectivity index (χ1v) is 5.50. The standard InChI is InChI=1S/C15H17NO/c1-4-6-12-16(13-7-5-2)14-8-10-15(17-3)11-9-14/h8-11H,12-13H2,1-3H3. The Balaban J connectivity index is 2.83. The summed E-state index contributed by atoms with van der Waals surface area (Å²) in [6, 6.07) is 7.93. The zero-order chi connectivity index (χ0) is 12.5. The van der Waals surface area contributed by atoms with Gasteiger partial charge in [-0.3, -0.25) is 0 Å². The van der Waals surface area contributed by atoms with Crippen LogP contribution in [0.2, 0.25) is 0 Å². The molecule has 1 aromatic rings.